The van der Waals surface area contributed by atoms with E-state index >= 15 is 0 Å². The molecule has 0 aliphatic heterocycles. The van der Waals surface area contributed by atoms with Gasteiger partial charge in [0.2, 0.25) is 15.9 Å². The van der Waals surface area contributed by atoms with Crippen molar-refractivity contribution in [3.63, 3.8) is 0 Å². The van der Waals surface area contributed by atoms with Gasteiger partial charge in [-0.25, -0.2) is 13.1 Å². The molecule has 1 aromatic rings. The third-order valence-electron chi connectivity index (χ3n) is 2.61. The third-order valence-corrected chi connectivity index (χ3v) is 4.49. The van der Waals surface area contributed by atoms with Crippen molar-refractivity contribution in [2.24, 2.45) is 0 Å². The van der Waals surface area contributed by atoms with E-state index in [1.54, 1.807) is 0 Å². The summed E-state index contributed by atoms with van der Waals surface area (Å²) in [7, 11) is -3.85. The van der Waals surface area contributed by atoms with Crippen molar-refractivity contribution in [1.82, 2.24) is 10.0 Å². The molecule has 0 atom stereocenters. The highest BCUT2D eigenvalue weighted by molar-refractivity contribution is 7.89. The largest absolute Gasteiger partial charge is 0.399 e. The molecule has 1 aliphatic carbocycles. The number of anilines is 1. The number of hydrogen-bond acceptors (Lipinski definition) is 4. The molecule has 8 heteroatoms. The van der Waals surface area contributed by atoms with Crippen LogP contribution in [0.15, 0.2) is 23.1 Å². The van der Waals surface area contributed by atoms with Crippen LogP contribution in [0.25, 0.3) is 0 Å². The van der Waals surface area contributed by atoms with E-state index < -0.39 is 10.0 Å². The molecule has 1 fully saturated rings. The smallest absolute Gasteiger partial charge is 0.242 e. The lowest BCUT2D eigenvalue weighted by Gasteiger charge is -2.09. The lowest BCUT2D eigenvalue weighted by Crippen LogP contribution is -2.37. The fourth-order valence-electron chi connectivity index (χ4n) is 1.47. The second-order valence-electron chi connectivity index (χ2n) is 4.36. The van der Waals surface area contributed by atoms with Crippen LogP contribution in [-0.4, -0.2) is 26.9 Å². The Kier molecular flexibility index (Phi) is 3.98. The van der Waals surface area contributed by atoms with Crippen molar-refractivity contribution in [3.8, 4) is 0 Å². The summed E-state index contributed by atoms with van der Waals surface area (Å²) >= 11 is 5.82. The molecule has 1 aliphatic rings. The minimum atomic E-state index is -3.85. The third kappa shape index (κ3) is 3.82. The molecule has 2 rings (SSSR count). The number of hydrogen-bond donors (Lipinski definition) is 3. The van der Waals surface area contributed by atoms with Gasteiger partial charge in [0.1, 0.15) is 4.90 Å². The summed E-state index contributed by atoms with van der Waals surface area (Å²) in [4.78, 5) is 11.3. The molecule has 0 radical (unpaired) electrons. The van der Waals surface area contributed by atoms with Crippen LogP contribution in [-0.2, 0) is 14.8 Å². The van der Waals surface area contributed by atoms with E-state index in [1.807, 2.05) is 0 Å². The first-order valence-corrected chi connectivity index (χ1v) is 7.58. The summed E-state index contributed by atoms with van der Waals surface area (Å²) < 4.78 is 26.2. The average molecular weight is 304 g/mol. The Balaban J connectivity index is 2.04. The maximum absolute atomic E-state index is 12.0. The van der Waals surface area contributed by atoms with Gasteiger partial charge in [0.05, 0.1) is 11.6 Å². The first kappa shape index (κ1) is 14.1. The molecule has 0 saturated heterocycles. The highest BCUT2D eigenvalue weighted by atomic mass is 35.5. The molecule has 6 nitrogen and oxygen atoms in total. The van der Waals surface area contributed by atoms with Crippen LogP contribution in [0.1, 0.15) is 12.8 Å². The number of amides is 1. The first-order chi connectivity index (χ1) is 8.88. The Morgan fingerprint density at radius 1 is 1.42 bits per heavy atom. The van der Waals surface area contributed by atoms with E-state index in [1.165, 1.54) is 18.2 Å². The molecule has 0 spiro atoms. The number of carbonyl (C=O) groups excluding carboxylic acids is 1. The summed E-state index contributed by atoms with van der Waals surface area (Å²) in [6.45, 7) is -0.316. The number of nitrogens with two attached hydrogens (primary N) is 1. The van der Waals surface area contributed by atoms with Gasteiger partial charge in [-0.2, -0.15) is 0 Å². The van der Waals surface area contributed by atoms with Gasteiger partial charge in [0.25, 0.3) is 0 Å². The quantitative estimate of drug-likeness (QED) is 0.689. The normalized spacial score (nSPS) is 15.2. The molecule has 0 bridgehead atoms. The van der Waals surface area contributed by atoms with Gasteiger partial charge in [-0.1, -0.05) is 11.6 Å². The van der Waals surface area contributed by atoms with E-state index in [0.717, 1.165) is 12.8 Å². The molecule has 1 saturated carbocycles. The van der Waals surface area contributed by atoms with Crippen molar-refractivity contribution in [1.29, 1.82) is 0 Å². The van der Waals surface area contributed by atoms with Crippen molar-refractivity contribution in [3.05, 3.63) is 23.2 Å². The van der Waals surface area contributed by atoms with Crippen molar-refractivity contribution < 1.29 is 13.2 Å². The van der Waals surface area contributed by atoms with Crippen LogP contribution in [0, 0.1) is 0 Å². The molecule has 1 amide bonds. The first-order valence-electron chi connectivity index (χ1n) is 5.72. The molecular weight excluding hydrogens is 290 g/mol. The lowest BCUT2D eigenvalue weighted by atomic mass is 10.3. The van der Waals surface area contributed by atoms with Crippen molar-refractivity contribution in [2.45, 2.75) is 23.8 Å². The monoisotopic (exact) mass is 303 g/mol. The number of benzene rings is 1. The van der Waals surface area contributed by atoms with Gasteiger partial charge in [-0.05, 0) is 31.0 Å². The average Bonchev–Trinajstić information content (AvgIpc) is 3.14. The van der Waals surface area contributed by atoms with Gasteiger partial charge < -0.3 is 11.1 Å². The van der Waals surface area contributed by atoms with E-state index in [9.17, 15) is 13.2 Å². The molecule has 0 aromatic heterocycles. The summed E-state index contributed by atoms with van der Waals surface area (Å²) in [5.74, 6) is -0.355. The van der Waals surface area contributed by atoms with E-state index in [2.05, 4.69) is 10.0 Å². The molecule has 4 N–H and O–H groups in total. The topological polar surface area (TPSA) is 101 Å². The zero-order chi connectivity index (χ0) is 14.0. The Morgan fingerprint density at radius 2 is 2.11 bits per heavy atom. The maximum Gasteiger partial charge on any atom is 0.242 e. The Bertz CT molecular complexity index is 599. The number of nitrogens with one attached hydrogen (secondary N) is 2. The van der Waals surface area contributed by atoms with E-state index in [4.69, 9.17) is 17.3 Å². The number of sulfonamides is 1. The van der Waals surface area contributed by atoms with Crippen molar-refractivity contribution in [2.75, 3.05) is 12.3 Å². The maximum atomic E-state index is 12.0. The molecule has 104 valence electrons. The molecular formula is C11H14ClN3O3S. The summed E-state index contributed by atoms with van der Waals surface area (Å²) in [6, 6.07) is 4.34. The SMILES string of the molecule is Nc1ccc(Cl)c(S(=O)(=O)NCC(=O)NC2CC2)c1. The lowest BCUT2D eigenvalue weighted by molar-refractivity contribution is -0.120. The Labute approximate surface area is 116 Å². The number of halogens is 1. The standard InChI is InChI=1S/C11H14ClN3O3S/c12-9-4-1-7(13)5-10(9)19(17,18)14-6-11(16)15-8-2-3-8/h1,4-5,8,14H,2-3,6,13H2,(H,15,16). The van der Waals surface area contributed by atoms with Gasteiger partial charge in [-0.3, -0.25) is 4.79 Å². The summed E-state index contributed by atoms with van der Waals surface area (Å²) in [5, 5.41) is 2.74. The highest BCUT2D eigenvalue weighted by Gasteiger charge is 2.24. The van der Waals surface area contributed by atoms with E-state index in [-0.39, 0.29) is 34.1 Å². The van der Waals surface area contributed by atoms with Crippen LogP contribution in [0.2, 0.25) is 5.02 Å². The molecule has 1 aromatic carbocycles. The van der Waals surface area contributed by atoms with Gasteiger partial charge in [-0.15, -0.1) is 0 Å². The van der Waals surface area contributed by atoms with Crippen LogP contribution >= 0.6 is 11.6 Å². The van der Waals surface area contributed by atoms with Gasteiger partial charge in [0, 0.05) is 11.7 Å². The highest BCUT2D eigenvalue weighted by Crippen LogP contribution is 2.23. The predicted molar refractivity (Wildman–Crippen MR) is 72.2 cm³/mol. The Hall–Kier alpha value is -1.31. The second-order valence-corrected chi connectivity index (χ2v) is 6.50. The van der Waals surface area contributed by atoms with Crippen molar-refractivity contribution >= 4 is 33.2 Å². The second kappa shape index (κ2) is 5.36. The molecule has 0 heterocycles. The fourth-order valence-corrected chi connectivity index (χ4v) is 2.99. The van der Waals surface area contributed by atoms with Crippen LogP contribution in [0.3, 0.4) is 0 Å². The number of nitrogen functional groups attached to an aromatic ring is 1. The molecule has 19 heavy (non-hydrogen) atoms. The minimum Gasteiger partial charge on any atom is -0.399 e. The zero-order valence-electron chi connectivity index (χ0n) is 10.0. The van der Waals surface area contributed by atoms with Gasteiger partial charge in [0.15, 0.2) is 0 Å². The van der Waals surface area contributed by atoms with E-state index in [0.29, 0.717) is 0 Å². The summed E-state index contributed by atoms with van der Waals surface area (Å²) in [5.41, 5.74) is 5.81. The van der Waals surface area contributed by atoms with Crippen LogP contribution < -0.4 is 15.8 Å². The minimum absolute atomic E-state index is 0.0595. The van der Waals surface area contributed by atoms with Crippen LogP contribution in [0.4, 0.5) is 5.69 Å². The predicted octanol–water partition coefficient (Wildman–Crippen LogP) is 0.479. The molecule has 0 unspecified atom stereocenters. The number of carbonyl (C=O) groups is 1. The van der Waals surface area contributed by atoms with Crippen LogP contribution in [0.5, 0.6) is 0 Å². The zero-order valence-corrected chi connectivity index (χ0v) is 11.6. The number of rotatable bonds is 5. The van der Waals surface area contributed by atoms with Gasteiger partial charge >= 0.3 is 0 Å². The summed E-state index contributed by atoms with van der Waals surface area (Å²) in [6.07, 6.45) is 1.89. The fraction of sp³-hybridized carbons (Fsp3) is 0.364. The Morgan fingerprint density at radius 3 is 2.74 bits per heavy atom.